The Balaban J connectivity index is 1.87. The molecule has 0 bridgehead atoms. The van der Waals surface area contributed by atoms with Crippen molar-refractivity contribution in [3.8, 4) is 11.5 Å². The van der Waals surface area contributed by atoms with Crippen LogP contribution in [0.15, 0.2) is 36.7 Å². The fourth-order valence-electron chi connectivity index (χ4n) is 2.00. The first-order valence-electron chi connectivity index (χ1n) is 5.92. The van der Waals surface area contributed by atoms with Crippen LogP contribution in [0.2, 0.25) is 5.02 Å². The highest BCUT2D eigenvalue weighted by atomic mass is 35.5. The Morgan fingerprint density at radius 3 is 3.00 bits per heavy atom. The number of aromatic nitrogens is 1. The third-order valence-corrected chi connectivity index (χ3v) is 3.22. The van der Waals surface area contributed by atoms with Gasteiger partial charge in [0.1, 0.15) is 16.5 Å². The van der Waals surface area contributed by atoms with E-state index in [1.165, 1.54) is 6.20 Å². The topological polar surface area (TPSA) is 51.2 Å². The van der Waals surface area contributed by atoms with Crippen LogP contribution in [0.25, 0.3) is 0 Å². The van der Waals surface area contributed by atoms with Gasteiger partial charge in [-0.15, -0.1) is 0 Å². The number of nitrogens with one attached hydrogen (secondary N) is 1. The molecular formula is C14H11ClN2O2. The van der Waals surface area contributed by atoms with Crippen LogP contribution in [-0.2, 0) is 11.2 Å². The lowest BCUT2D eigenvalue weighted by Gasteiger charge is -2.17. The molecule has 1 aliphatic heterocycles. The van der Waals surface area contributed by atoms with Gasteiger partial charge in [0.05, 0.1) is 0 Å². The quantitative estimate of drug-likeness (QED) is 0.913. The maximum Gasteiger partial charge on any atom is 0.224 e. The number of carbonyl (C=O) groups is 1. The second-order valence-corrected chi connectivity index (χ2v) is 4.68. The first-order chi connectivity index (χ1) is 9.22. The summed E-state index contributed by atoms with van der Waals surface area (Å²) in [7, 11) is 0. The average molecular weight is 275 g/mol. The van der Waals surface area contributed by atoms with Gasteiger partial charge < -0.3 is 10.1 Å². The van der Waals surface area contributed by atoms with Crippen molar-refractivity contribution in [2.45, 2.75) is 12.8 Å². The van der Waals surface area contributed by atoms with Gasteiger partial charge in [-0.2, -0.15) is 0 Å². The third kappa shape index (κ3) is 2.53. The highest BCUT2D eigenvalue weighted by Crippen LogP contribution is 2.32. The number of benzene rings is 1. The fourth-order valence-corrected chi connectivity index (χ4v) is 2.15. The van der Waals surface area contributed by atoms with Gasteiger partial charge in [-0.1, -0.05) is 11.6 Å². The van der Waals surface area contributed by atoms with Crippen molar-refractivity contribution in [3.63, 3.8) is 0 Å². The molecule has 0 atom stereocenters. The number of amides is 1. The van der Waals surface area contributed by atoms with E-state index in [0.29, 0.717) is 22.9 Å². The zero-order valence-corrected chi connectivity index (χ0v) is 10.8. The summed E-state index contributed by atoms with van der Waals surface area (Å²) in [6.07, 6.45) is 4.39. The highest BCUT2D eigenvalue weighted by molar-refractivity contribution is 6.31. The number of hydrogen-bond donors (Lipinski definition) is 1. The van der Waals surface area contributed by atoms with Crippen LogP contribution in [0.4, 0.5) is 5.69 Å². The first kappa shape index (κ1) is 12.0. The molecule has 0 fully saturated rings. The van der Waals surface area contributed by atoms with Gasteiger partial charge >= 0.3 is 0 Å². The van der Waals surface area contributed by atoms with Crippen molar-refractivity contribution in [2.75, 3.05) is 5.32 Å². The summed E-state index contributed by atoms with van der Waals surface area (Å²) in [4.78, 5) is 15.2. The summed E-state index contributed by atoms with van der Waals surface area (Å²) in [6.45, 7) is 0. The van der Waals surface area contributed by atoms with E-state index in [2.05, 4.69) is 10.3 Å². The van der Waals surface area contributed by atoms with Crippen LogP contribution in [0, 0.1) is 0 Å². The van der Waals surface area contributed by atoms with Crippen molar-refractivity contribution in [1.82, 2.24) is 4.98 Å². The molecule has 19 heavy (non-hydrogen) atoms. The van der Waals surface area contributed by atoms with Crippen LogP contribution in [0.5, 0.6) is 11.5 Å². The summed E-state index contributed by atoms with van der Waals surface area (Å²) in [5.74, 6) is 1.32. The van der Waals surface area contributed by atoms with E-state index in [4.69, 9.17) is 16.3 Å². The molecule has 96 valence electrons. The minimum Gasteiger partial charge on any atom is -0.456 e. The number of rotatable bonds is 2. The lowest BCUT2D eigenvalue weighted by molar-refractivity contribution is -0.116. The second kappa shape index (κ2) is 4.90. The summed E-state index contributed by atoms with van der Waals surface area (Å²) < 4.78 is 5.72. The van der Waals surface area contributed by atoms with E-state index < -0.39 is 0 Å². The Labute approximate surface area is 115 Å². The smallest absolute Gasteiger partial charge is 0.224 e. The minimum absolute atomic E-state index is 0.0540. The molecular weight excluding hydrogens is 264 g/mol. The number of ether oxygens (including phenoxy) is 1. The zero-order chi connectivity index (χ0) is 13.2. The summed E-state index contributed by atoms with van der Waals surface area (Å²) in [5, 5.41) is 3.30. The van der Waals surface area contributed by atoms with Gasteiger partial charge in [-0.05, 0) is 30.2 Å². The molecule has 5 heteroatoms. The number of nitrogens with zero attached hydrogens (tertiary/aromatic N) is 1. The molecule has 1 aliphatic rings. The third-order valence-electron chi connectivity index (χ3n) is 2.94. The van der Waals surface area contributed by atoms with Gasteiger partial charge in [0.15, 0.2) is 0 Å². The summed E-state index contributed by atoms with van der Waals surface area (Å²) in [6, 6.07) is 7.28. The standard InChI is InChI=1S/C14H11ClN2O2/c15-11-8-16-6-5-13(11)19-10-2-3-12-9(7-10)1-4-14(18)17-12/h2-3,5-8H,1,4H2,(H,17,18). The van der Waals surface area contributed by atoms with E-state index in [-0.39, 0.29) is 5.91 Å². The molecule has 4 nitrogen and oxygen atoms in total. The number of fused-ring (bicyclic) bond motifs is 1. The van der Waals surface area contributed by atoms with Crippen molar-refractivity contribution < 1.29 is 9.53 Å². The SMILES string of the molecule is O=C1CCc2cc(Oc3ccncc3Cl)ccc2N1. The van der Waals surface area contributed by atoms with Crippen LogP contribution in [0.3, 0.4) is 0 Å². The molecule has 3 rings (SSSR count). The van der Waals surface area contributed by atoms with Gasteiger partial charge in [0.25, 0.3) is 0 Å². The zero-order valence-electron chi connectivity index (χ0n) is 10.0. The number of hydrogen-bond acceptors (Lipinski definition) is 3. The Morgan fingerprint density at radius 2 is 2.16 bits per heavy atom. The number of carbonyl (C=O) groups excluding carboxylic acids is 1. The monoisotopic (exact) mass is 274 g/mol. The van der Waals surface area contributed by atoms with Crippen LogP contribution >= 0.6 is 11.6 Å². The summed E-state index contributed by atoms with van der Waals surface area (Å²) >= 11 is 5.99. The van der Waals surface area contributed by atoms with Gasteiger partial charge in [-0.3, -0.25) is 9.78 Å². The van der Waals surface area contributed by atoms with E-state index in [0.717, 1.165) is 17.7 Å². The number of halogens is 1. The van der Waals surface area contributed by atoms with Crippen molar-refractivity contribution >= 4 is 23.2 Å². The van der Waals surface area contributed by atoms with E-state index in [1.54, 1.807) is 18.3 Å². The molecule has 1 aromatic carbocycles. The van der Waals surface area contributed by atoms with E-state index in [9.17, 15) is 4.79 Å². The molecule has 1 N–H and O–H groups in total. The lowest BCUT2D eigenvalue weighted by atomic mass is 10.0. The number of anilines is 1. The maximum atomic E-state index is 11.3. The van der Waals surface area contributed by atoms with Crippen molar-refractivity contribution in [3.05, 3.63) is 47.2 Å². The molecule has 0 unspecified atom stereocenters. The average Bonchev–Trinajstić information content (AvgIpc) is 2.41. The molecule has 0 radical (unpaired) electrons. The Hall–Kier alpha value is -2.07. The van der Waals surface area contributed by atoms with Crippen LogP contribution < -0.4 is 10.1 Å². The van der Waals surface area contributed by atoms with Gasteiger partial charge in [0, 0.05) is 30.6 Å². The molecule has 0 saturated heterocycles. The molecule has 1 amide bonds. The van der Waals surface area contributed by atoms with Crippen LogP contribution in [0.1, 0.15) is 12.0 Å². The van der Waals surface area contributed by atoms with Crippen molar-refractivity contribution in [2.24, 2.45) is 0 Å². The lowest BCUT2D eigenvalue weighted by Crippen LogP contribution is -2.18. The number of aryl methyl sites for hydroxylation is 1. The fraction of sp³-hybridized carbons (Fsp3) is 0.143. The minimum atomic E-state index is 0.0540. The van der Waals surface area contributed by atoms with E-state index >= 15 is 0 Å². The molecule has 0 spiro atoms. The predicted octanol–water partition coefficient (Wildman–Crippen LogP) is 3.41. The van der Waals surface area contributed by atoms with E-state index in [1.807, 2.05) is 12.1 Å². The summed E-state index contributed by atoms with van der Waals surface area (Å²) in [5.41, 5.74) is 1.92. The Morgan fingerprint density at radius 1 is 1.26 bits per heavy atom. The molecule has 2 heterocycles. The Bertz CT molecular complexity index is 643. The molecule has 2 aromatic rings. The maximum absolute atomic E-state index is 11.3. The molecule has 1 aromatic heterocycles. The molecule has 0 saturated carbocycles. The number of pyridine rings is 1. The largest absolute Gasteiger partial charge is 0.456 e. The Kier molecular flexibility index (Phi) is 3.09. The predicted molar refractivity (Wildman–Crippen MR) is 72.7 cm³/mol. The second-order valence-electron chi connectivity index (χ2n) is 4.28. The van der Waals surface area contributed by atoms with Crippen LogP contribution in [-0.4, -0.2) is 10.9 Å². The first-order valence-corrected chi connectivity index (χ1v) is 6.30. The molecule has 0 aliphatic carbocycles. The normalized spacial score (nSPS) is 13.6. The van der Waals surface area contributed by atoms with Gasteiger partial charge in [-0.25, -0.2) is 0 Å². The van der Waals surface area contributed by atoms with Crippen molar-refractivity contribution in [1.29, 1.82) is 0 Å². The van der Waals surface area contributed by atoms with Gasteiger partial charge in [0.2, 0.25) is 5.91 Å². The highest BCUT2D eigenvalue weighted by Gasteiger charge is 2.15.